The number of rotatable bonds is 3. The number of carbonyl (C=O) groups is 2. The molecule has 2 rings (SSSR count). The lowest BCUT2D eigenvalue weighted by atomic mass is 10.2. The average Bonchev–Trinajstić information content (AvgIpc) is 2.40. The Labute approximate surface area is 112 Å². The second kappa shape index (κ2) is 5.94. The van der Waals surface area contributed by atoms with Crippen LogP contribution in [0.3, 0.4) is 0 Å². The van der Waals surface area contributed by atoms with Gasteiger partial charge in [0.25, 0.3) is 0 Å². The molecule has 0 radical (unpaired) electrons. The van der Waals surface area contributed by atoms with Gasteiger partial charge in [0.15, 0.2) is 5.52 Å². The van der Waals surface area contributed by atoms with Crippen molar-refractivity contribution < 1.29 is 9.59 Å². The zero-order chi connectivity index (χ0) is 13.0. The number of thioether (sulfide) groups is 1. The Bertz CT molecular complexity index is 581. The van der Waals surface area contributed by atoms with Gasteiger partial charge in [-0.2, -0.15) is 0 Å². The van der Waals surface area contributed by atoms with Crippen LogP contribution in [0, 0.1) is 0 Å². The van der Waals surface area contributed by atoms with E-state index in [0.717, 1.165) is 11.8 Å². The van der Waals surface area contributed by atoms with E-state index in [1.807, 2.05) is 24.3 Å². The highest BCUT2D eigenvalue weighted by Gasteiger charge is 2.12. The molecule has 2 nitrogen and oxygen atoms in total. The fraction of sp³-hybridized carbons (Fsp3) is 0. The molecule has 0 heterocycles. The third-order valence-electron chi connectivity index (χ3n) is 2.36. The van der Waals surface area contributed by atoms with Crippen molar-refractivity contribution in [3.8, 4) is 0 Å². The van der Waals surface area contributed by atoms with Gasteiger partial charge in [-0.15, -0.1) is 0 Å². The Morgan fingerprint density at radius 3 is 2.17 bits per heavy atom. The third kappa shape index (κ3) is 3.06. The summed E-state index contributed by atoms with van der Waals surface area (Å²) in [4.78, 5) is 24.1. The first kappa shape index (κ1) is 13.0. The van der Waals surface area contributed by atoms with Crippen LogP contribution in [0.25, 0.3) is 0 Å². The van der Waals surface area contributed by atoms with Gasteiger partial charge in [-0.1, -0.05) is 51.7 Å². The molecule has 90 valence electrons. The van der Waals surface area contributed by atoms with Gasteiger partial charge >= 0.3 is 0 Å². The fourth-order valence-electron chi connectivity index (χ4n) is 1.49. The van der Waals surface area contributed by atoms with E-state index in [4.69, 9.17) is 0 Å². The van der Waals surface area contributed by atoms with Gasteiger partial charge in [0.1, 0.15) is 0 Å². The molecule has 0 aromatic heterocycles. The first-order valence-corrected chi connectivity index (χ1v) is 6.74. The van der Waals surface area contributed by atoms with Gasteiger partial charge in [0.05, 0.1) is 0 Å². The van der Waals surface area contributed by atoms with Crippen LogP contribution in [0.4, 0.5) is 0 Å². The molecule has 2 aromatic rings. The summed E-state index contributed by atoms with van der Waals surface area (Å²) >= 11 is 1.08. The smallest absolute Gasteiger partial charge is 0.224 e. The largest absolute Gasteiger partial charge is 0.290 e. The minimum absolute atomic E-state index is 0.0608. The number of carbonyl (C=O) groups excluding carboxylic acids is 2. The van der Waals surface area contributed by atoms with Crippen LogP contribution < -0.4 is 0 Å². The van der Waals surface area contributed by atoms with E-state index in [2.05, 4.69) is 9.24 Å². The second-order valence-corrected chi connectivity index (χ2v) is 5.16. The Hall–Kier alpha value is -1.44. The minimum Gasteiger partial charge on any atom is -0.290 e. The Morgan fingerprint density at radius 2 is 1.50 bits per heavy atom. The highest BCUT2D eigenvalue weighted by molar-refractivity contribution is 8.14. The maximum absolute atomic E-state index is 12.0. The summed E-state index contributed by atoms with van der Waals surface area (Å²) < 4.78 is 0. The molecule has 0 spiro atoms. The Morgan fingerprint density at radius 1 is 0.889 bits per heavy atom. The van der Waals surface area contributed by atoms with E-state index in [-0.39, 0.29) is 10.6 Å². The van der Waals surface area contributed by atoms with E-state index in [1.165, 1.54) is 0 Å². The van der Waals surface area contributed by atoms with E-state index >= 15 is 0 Å². The van der Waals surface area contributed by atoms with Crippen LogP contribution in [-0.4, -0.2) is 10.6 Å². The molecule has 0 bridgehead atoms. The molecule has 4 heteroatoms. The van der Waals surface area contributed by atoms with Crippen molar-refractivity contribution in [1.29, 1.82) is 0 Å². The topological polar surface area (TPSA) is 34.1 Å². The molecule has 0 aliphatic carbocycles. The first-order valence-electron chi connectivity index (χ1n) is 5.34. The zero-order valence-electron chi connectivity index (χ0n) is 9.50. The van der Waals surface area contributed by atoms with E-state index in [0.29, 0.717) is 16.0 Å². The lowest BCUT2D eigenvalue weighted by Gasteiger charge is -2.05. The first-order chi connectivity index (χ1) is 8.68. The molecule has 1 atom stereocenters. The summed E-state index contributed by atoms with van der Waals surface area (Å²) in [6.45, 7) is 0. The van der Waals surface area contributed by atoms with E-state index < -0.39 is 0 Å². The predicted molar refractivity (Wildman–Crippen MR) is 77.1 cm³/mol. The molecule has 2 aromatic carbocycles. The standard InChI is InChI=1S/C14H11O2PS/c15-13(17)11-8-4-5-9-12(11)18-14(16)10-6-2-1-3-7-10/h1-9H,17H2. The highest BCUT2D eigenvalue weighted by Crippen LogP contribution is 2.27. The van der Waals surface area contributed by atoms with Crippen LogP contribution in [-0.2, 0) is 0 Å². The molecule has 0 aliphatic rings. The molecule has 18 heavy (non-hydrogen) atoms. The summed E-state index contributed by atoms with van der Waals surface area (Å²) in [5.74, 6) is 0. The van der Waals surface area contributed by atoms with Crippen molar-refractivity contribution in [2.75, 3.05) is 0 Å². The molecule has 0 N–H and O–H groups in total. The molecule has 0 saturated carbocycles. The Balaban J connectivity index is 2.25. The van der Waals surface area contributed by atoms with Crippen molar-refractivity contribution in [3.63, 3.8) is 0 Å². The van der Waals surface area contributed by atoms with Gasteiger partial charge in [-0.25, -0.2) is 0 Å². The highest BCUT2D eigenvalue weighted by atomic mass is 32.2. The van der Waals surface area contributed by atoms with Crippen LogP contribution in [0.2, 0.25) is 0 Å². The summed E-state index contributed by atoms with van der Waals surface area (Å²) in [7, 11) is 2.13. The molecule has 1 unspecified atom stereocenters. The maximum atomic E-state index is 12.0. The fourth-order valence-corrected chi connectivity index (χ4v) is 2.73. The zero-order valence-corrected chi connectivity index (χ0v) is 11.5. The molecule has 0 amide bonds. The number of hydrogen-bond acceptors (Lipinski definition) is 3. The monoisotopic (exact) mass is 274 g/mol. The SMILES string of the molecule is O=C(Sc1ccccc1C(=O)P)c1ccccc1. The van der Waals surface area contributed by atoms with Gasteiger partial charge in [-0.3, -0.25) is 9.59 Å². The molecule has 0 fully saturated rings. The molecular weight excluding hydrogens is 263 g/mol. The summed E-state index contributed by atoms with van der Waals surface area (Å²) in [6, 6.07) is 16.1. The van der Waals surface area contributed by atoms with Crippen LogP contribution in [0.1, 0.15) is 20.7 Å². The van der Waals surface area contributed by atoms with Crippen LogP contribution >= 0.6 is 21.0 Å². The maximum Gasteiger partial charge on any atom is 0.224 e. The van der Waals surface area contributed by atoms with Crippen molar-refractivity contribution >= 4 is 31.6 Å². The molecule has 0 saturated heterocycles. The predicted octanol–water partition coefficient (Wildman–Crippen LogP) is 3.63. The van der Waals surface area contributed by atoms with Crippen molar-refractivity contribution in [2.24, 2.45) is 0 Å². The summed E-state index contributed by atoms with van der Waals surface area (Å²) in [6.07, 6.45) is 0. The second-order valence-electron chi connectivity index (χ2n) is 3.62. The number of benzene rings is 2. The quantitative estimate of drug-likeness (QED) is 0.633. The molecule has 0 aliphatic heterocycles. The van der Waals surface area contributed by atoms with Crippen LogP contribution in [0.5, 0.6) is 0 Å². The third-order valence-corrected chi connectivity index (χ3v) is 3.67. The van der Waals surface area contributed by atoms with Crippen molar-refractivity contribution in [1.82, 2.24) is 0 Å². The summed E-state index contributed by atoms with van der Waals surface area (Å²) in [5.41, 5.74) is 1.07. The van der Waals surface area contributed by atoms with Gasteiger partial charge in [0.2, 0.25) is 5.12 Å². The van der Waals surface area contributed by atoms with Gasteiger partial charge in [0, 0.05) is 16.0 Å². The average molecular weight is 274 g/mol. The number of hydrogen-bond donors (Lipinski definition) is 0. The van der Waals surface area contributed by atoms with E-state index in [1.54, 1.807) is 30.3 Å². The van der Waals surface area contributed by atoms with Crippen molar-refractivity contribution in [2.45, 2.75) is 4.90 Å². The minimum atomic E-state index is -0.112. The lowest BCUT2D eigenvalue weighted by molar-refractivity contribution is 0.108. The summed E-state index contributed by atoms with van der Waals surface area (Å²) in [5, 5.41) is -0.0608. The van der Waals surface area contributed by atoms with Gasteiger partial charge < -0.3 is 0 Å². The van der Waals surface area contributed by atoms with Gasteiger partial charge in [-0.05, 0) is 23.9 Å². The van der Waals surface area contributed by atoms with Crippen LogP contribution in [0.15, 0.2) is 59.5 Å². The Kier molecular flexibility index (Phi) is 4.29. The lowest BCUT2D eigenvalue weighted by Crippen LogP contribution is -1.96. The van der Waals surface area contributed by atoms with E-state index in [9.17, 15) is 9.59 Å². The molecular formula is C14H11O2PS. The normalized spacial score (nSPS) is 10.1. The van der Waals surface area contributed by atoms with Crippen molar-refractivity contribution in [3.05, 3.63) is 65.7 Å².